The fourth-order valence-electron chi connectivity index (χ4n) is 2.80. The molecule has 2 heteroatoms. The molecule has 1 unspecified atom stereocenters. The van der Waals surface area contributed by atoms with Gasteiger partial charge in [-0.05, 0) is 57.2 Å². The summed E-state index contributed by atoms with van der Waals surface area (Å²) >= 11 is 0. The molecule has 0 N–H and O–H groups in total. The molecule has 0 fully saturated rings. The van der Waals surface area contributed by atoms with Crippen molar-refractivity contribution in [1.82, 2.24) is 0 Å². The zero-order chi connectivity index (χ0) is 17.8. The van der Waals surface area contributed by atoms with Crippen LogP contribution in [0.25, 0.3) is 0 Å². The van der Waals surface area contributed by atoms with Crippen LogP contribution in [0.3, 0.4) is 0 Å². The molecule has 1 rings (SSSR count). The van der Waals surface area contributed by atoms with Crippen molar-refractivity contribution in [2.24, 2.45) is 0 Å². The predicted molar refractivity (Wildman–Crippen MR) is 104 cm³/mol. The highest BCUT2D eigenvalue weighted by atomic mass is 16.5. The minimum Gasteiger partial charge on any atom is -0.490 e. The quantitative estimate of drug-likeness (QED) is 0.310. The van der Waals surface area contributed by atoms with Crippen LogP contribution in [0, 0.1) is 13.8 Å². The first-order valence-electron chi connectivity index (χ1n) is 9.68. The zero-order valence-electron chi connectivity index (χ0n) is 16.4. The Morgan fingerprint density at radius 2 is 1.79 bits per heavy atom. The van der Waals surface area contributed by atoms with Crippen LogP contribution in [0.1, 0.15) is 76.8 Å². The lowest BCUT2D eigenvalue weighted by Gasteiger charge is -2.22. The van der Waals surface area contributed by atoms with Crippen molar-refractivity contribution in [2.75, 3.05) is 6.61 Å². The van der Waals surface area contributed by atoms with E-state index in [1.165, 1.54) is 36.8 Å². The first-order valence-corrected chi connectivity index (χ1v) is 9.68. The predicted octanol–water partition coefficient (Wildman–Crippen LogP) is 6.78. The Bertz CT molecular complexity index is 491. The SMILES string of the molecule is CCC=CCC(CCCCCC)Oc1ccc(C)c(C)c1OCC. The third kappa shape index (κ3) is 6.98. The highest BCUT2D eigenvalue weighted by Gasteiger charge is 2.15. The van der Waals surface area contributed by atoms with Gasteiger partial charge in [0.1, 0.15) is 6.10 Å². The van der Waals surface area contributed by atoms with Gasteiger partial charge in [-0.2, -0.15) is 0 Å². The second kappa shape index (κ2) is 12.0. The van der Waals surface area contributed by atoms with Crippen LogP contribution in [-0.2, 0) is 0 Å². The average molecular weight is 333 g/mol. The Kier molecular flexibility index (Phi) is 10.3. The molecule has 0 aliphatic rings. The van der Waals surface area contributed by atoms with E-state index >= 15 is 0 Å². The maximum Gasteiger partial charge on any atom is 0.164 e. The normalized spacial score (nSPS) is 12.5. The fraction of sp³-hybridized carbons (Fsp3) is 0.636. The van der Waals surface area contributed by atoms with Gasteiger partial charge < -0.3 is 9.47 Å². The summed E-state index contributed by atoms with van der Waals surface area (Å²) in [6.45, 7) is 11.3. The van der Waals surface area contributed by atoms with E-state index in [1.54, 1.807) is 0 Å². The number of benzene rings is 1. The molecule has 0 saturated heterocycles. The lowest BCUT2D eigenvalue weighted by molar-refractivity contribution is 0.179. The molecule has 0 spiro atoms. The molecule has 24 heavy (non-hydrogen) atoms. The van der Waals surface area contributed by atoms with Gasteiger partial charge in [0.05, 0.1) is 6.61 Å². The summed E-state index contributed by atoms with van der Waals surface area (Å²) in [5.74, 6) is 1.81. The molecule has 0 radical (unpaired) electrons. The van der Waals surface area contributed by atoms with Crippen LogP contribution >= 0.6 is 0 Å². The van der Waals surface area contributed by atoms with Crippen LogP contribution in [0.2, 0.25) is 0 Å². The van der Waals surface area contributed by atoms with E-state index in [0.29, 0.717) is 6.61 Å². The molecule has 0 heterocycles. The zero-order valence-corrected chi connectivity index (χ0v) is 16.4. The Morgan fingerprint density at radius 1 is 1.00 bits per heavy atom. The van der Waals surface area contributed by atoms with Crippen LogP contribution < -0.4 is 9.47 Å². The van der Waals surface area contributed by atoms with Gasteiger partial charge in [0, 0.05) is 6.42 Å². The molecular formula is C22H36O2. The third-order valence-electron chi connectivity index (χ3n) is 4.40. The summed E-state index contributed by atoms with van der Waals surface area (Å²) in [6.07, 6.45) is 13.0. The first kappa shape index (κ1) is 20.6. The number of ether oxygens (including phenoxy) is 2. The lowest BCUT2D eigenvalue weighted by Crippen LogP contribution is -2.16. The first-order chi connectivity index (χ1) is 11.6. The summed E-state index contributed by atoms with van der Waals surface area (Å²) in [4.78, 5) is 0. The average Bonchev–Trinajstić information content (AvgIpc) is 2.58. The highest BCUT2D eigenvalue weighted by Crippen LogP contribution is 2.34. The van der Waals surface area contributed by atoms with Crippen molar-refractivity contribution in [3.63, 3.8) is 0 Å². The van der Waals surface area contributed by atoms with Crippen molar-refractivity contribution >= 4 is 0 Å². The van der Waals surface area contributed by atoms with Crippen molar-refractivity contribution in [3.05, 3.63) is 35.4 Å². The van der Waals surface area contributed by atoms with E-state index in [1.807, 2.05) is 6.92 Å². The molecule has 0 aliphatic heterocycles. The number of allylic oxidation sites excluding steroid dienone is 1. The number of hydrogen-bond donors (Lipinski definition) is 0. The molecule has 0 amide bonds. The van der Waals surface area contributed by atoms with E-state index in [4.69, 9.17) is 9.47 Å². The molecule has 0 saturated carbocycles. The smallest absolute Gasteiger partial charge is 0.164 e. The van der Waals surface area contributed by atoms with Crippen molar-refractivity contribution in [1.29, 1.82) is 0 Å². The Balaban J connectivity index is 2.83. The van der Waals surface area contributed by atoms with Crippen LogP contribution in [0.5, 0.6) is 11.5 Å². The molecule has 1 atom stereocenters. The lowest BCUT2D eigenvalue weighted by atomic mass is 10.1. The third-order valence-corrected chi connectivity index (χ3v) is 4.40. The van der Waals surface area contributed by atoms with Gasteiger partial charge in [-0.15, -0.1) is 0 Å². The minimum atomic E-state index is 0.228. The summed E-state index contributed by atoms with van der Waals surface area (Å²) in [6, 6.07) is 4.19. The summed E-state index contributed by atoms with van der Waals surface area (Å²) in [7, 11) is 0. The number of rotatable bonds is 12. The van der Waals surface area contributed by atoms with Crippen LogP contribution in [0.15, 0.2) is 24.3 Å². The molecule has 1 aromatic rings. The standard InChI is InChI=1S/C22H36O2/c1-6-9-11-13-15-20(14-12-10-7-2)24-21-17-16-18(4)19(5)22(21)23-8-3/h10,12,16-17,20H,6-9,11,13-15H2,1-5H3. The summed E-state index contributed by atoms with van der Waals surface area (Å²) < 4.78 is 12.3. The van der Waals surface area contributed by atoms with E-state index in [9.17, 15) is 0 Å². The highest BCUT2D eigenvalue weighted by molar-refractivity contribution is 5.49. The van der Waals surface area contributed by atoms with Crippen molar-refractivity contribution in [2.45, 2.75) is 85.7 Å². The molecular weight excluding hydrogens is 296 g/mol. The Morgan fingerprint density at radius 3 is 2.46 bits per heavy atom. The molecule has 0 aliphatic carbocycles. The van der Waals surface area contributed by atoms with E-state index < -0.39 is 0 Å². The number of hydrogen-bond acceptors (Lipinski definition) is 2. The second-order valence-corrected chi connectivity index (χ2v) is 6.47. The van der Waals surface area contributed by atoms with E-state index in [-0.39, 0.29) is 6.10 Å². The van der Waals surface area contributed by atoms with Crippen molar-refractivity contribution < 1.29 is 9.47 Å². The second-order valence-electron chi connectivity index (χ2n) is 6.47. The summed E-state index contributed by atoms with van der Waals surface area (Å²) in [5, 5.41) is 0. The minimum absolute atomic E-state index is 0.228. The van der Waals surface area contributed by atoms with Gasteiger partial charge in [0.15, 0.2) is 11.5 Å². The number of unbranched alkanes of at least 4 members (excludes halogenated alkanes) is 3. The van der Waals surface area contributed by atoms with Gasteiger partial charge in [0.25, 0.3) is 0 Å². The fourth-order valence-corrected chi connectivity index (χ4v) is 2.80. The Labute approximate surface area is 149 Å². The molecule has 2 nitrogen and oxygen atoms in total. The van der Waals surface area contributed by atoms with E-state index in [0.717, 1.165) is 30.8 Å². The van der Waals surface area contributed by atoms with Crippen LogP contribution in [0.4, 0.5) is 0 Å². The van der Waals surface area contributed by atoms with Gasteiger partial charge in [0.2, 0.25) is 0 Å². The van der Waals surface area contributed by atoms with Gasteiger partial charge >= 0.3 is 0 Å². The van der Waals surface area contributed by atoms with E-state index in [2.05, 4.69) is 52.0 Å². The largest absolute Gasteiger partial charge is 0.490 e. The van der Waals surface area contributed by atoms with Gasteiger partial charge in [-0.1, -0.05) is 51.3 Å². The van der Waals surface area contributed by atoms with Gasteiger partial charge in [-0.3, -0.25) is 0 Å². The molecule has 1 aromatic carbocycles. The number of aryl methyl sites for hydroxylation is 1. The topological polar surface area (TPSA) is 18.5 Å². The van der Waals surface area contributed by atoms with Crippen molar-refractivity contribution in [3.8, 4) is 11.5 Å². The Hall–Kier alpha value is -1.44. The molecule has 0 aromatic heterocycles. The van der Waals surface area contributed by atoms with Crippen LogP contribution in [-0.4, -0.2) is 12.7 Å². The molecule has 0 bridgehead atoms. The maximum atomic E-state index is 6.38. The maximum absolute atomic E-state index is 6.38. The summed E-state index contributed by atoms with van der Waals surface area (Å²) in [5.41, 5.74) is 2.43. The molecule has 136 valence electrons. The monoisotopic (exact) mass is 332 g/mol. The van der Waals surface area contributed by atoms with Gasteiger partial charge in [-0.25, -0.2) is 0 Å².